The average molecular weight is 282 g/mol. The van der Waals surface area contributed by atoms with E-state index < -0.39 is 22.2 Å². The SMILES string of the molecule is CCCCC(NS(=O)(=O)N(C)CCOC)C(=O)O. The largest absolute Gasteiger partial charge is 0.480 e. The molecule has 0 saturated heterocycles. The predicted molar refractivity (Wildman–Crippen MR) is 67.5 cm³/mol. The first-order chi connectivity index (χ1) is 8.35. The van der Waals surface area contributed by atoms with Gasteiger partial charge in [0, 0.05) is 20.7 Å². The van der Waals surface area contributed by atoms with Crippen LogP contribution in [0.2, 0.25) is 0 Å². The van der Waals surface area contributed by atoms with Crippen LogP contribution in [0.5, 0.6) is 0 Å². The van der Waals surface area contributed by atoms with Crippen LogP contribution in [-0.4, -0.2) is 57.1 Å². The van der Waals surface area contributed by atoms with Gasteiger partial charge in [-0.15, -0.1) is 0 Å². The minimum absolute atomic E-state index is 0.173. The van der Waals surface area contributed by atoms with Gasteiger partial charge in [-0.1, -0.05) is 19.8 Å². The Balaban J connectivity index is 4.54. The molecule has 18 heavy (non-hydrogen) atoms. The fourth-order valence-electron chi connectivity index (χ4n) is 1.25. The second-order valence-electron chi connectivity index (χ2n) is 3.97. The summed E-state index contributed by atoms with van der Waals surface area (Å²) < 4.78 is 31.6. The summed E-state index contributed by atoms with van der Waals surface area (Å²) in [6.45, 7) is 2.34. The molecule has 0 rings (SSSR count). The first kappa shape index (κ1) is 17.3. The van der Waals surface area contributed by atoms with Crippen molar-refractivity contribution in [3.8, 4) is 0 Å². The van der Waals surface area contributed by atoms with E-state index in [9.17, 15) is 13.2 Å². The first-order valence-corrected chi connectivity index (χ1v) is 7.24. The zero-order chi connectivity index (χ0) is 14.2. The number of rotatable bonds is 10. The van der Waals surface area contributed by atoms with Gasteiger partial charge in [0.15, 0.2) is 0 Å². The summed E-state index contributed by atoms with van der Waals surface area (Å²) in [4.78, 5) is 10.9. The summed E-state index contributed by atoms with van der Waals surface area (Å²) in [7, 11) is -0.942. The van der Waals surface area contributed by atoms with Gasteiger partial charge in [0.05, 0.1) is 6.61 Å². The fraction of sp³-hybridized carbons (Fsp3) is 0.900. The topological polar surface area (TPSA) is 95.9 Å². The van der Waals surface area contributed by atoms with E-state index in [0.29, 0.717) is 6.42 Å². The Morgan fingerprint density at radius 2 is 2.11 bits per heavy atom. The van der Waals surface area contributed by atoms with Crippen LogP contribution in [0.1, 0.15) is 26.2 Å². The third kappa shape index (κ3) is 6.29. The molecule has 7 nitrogen and oxygen atoms in total. The van der Waals surface area contributed by atoms with Crippen molar-refractivity contribution < 1.29 is 23.1 Å². The van der Waals surface area contributed by atoms with Crippen molar-refractivity contribution in [2.75, 3.05) is 27.3 Å². The molecule has 0 bridgehead atoms. The van der Waals surface area contributed by atoms with Gasteiger partial charge in [0.1, 0.15) is 6.04 Å². The van der Waals surface area contributed by atoms with E-state index in [1.54, 1.807) is 0 Å². The third-order valence-electron chi connectivity index (χ3n) is 2.46. The molecule has 0 fully saturated rings. The predicted octanol–water partition coefficient (Wildman–Crippen LogP) is 0.0424. The molecule has 0 aromatic rings. The minimum Gasteiger partial charge on any atom is -0.480 e. The monoisotopic (exact) mass is 282 g/mol. The molecular formula is C10H22N2O5S. The third-order valence-corrected chi connectivity index (χ3v) is 4.04. The van der Waals surface area contributed by atoms with Crippen molar-refractivity contribution >= 4 is 16.2 Å². The number of carbonyl (C=O) groups is 1. The normalized spacial score (nSPS) is 13.8. The molecule has 0 aromatic heterocycles. The van der Waals surface area contributed by atoms with Crippen LogP contribution in [0.3, 0.4) is 0 Å². The first-order valence-electron chi connectivity index (χ1n) is 5.80. The maximum Gasteiger partial charge on any atom is 0.321 e. The number of aliphatic carboxylic acids is 1. The Morgan fingerprint density at radius 3 is 2.56 bits per heavy atom. The molecule has 0 radical (unpaired) electrons. The average Bonchev–Trinajstić information content (AvgIpc) is 2.30. The lowest BCUT2D eigenvalue weighted by molar-refractivity contribution is -0.139. The number of ether oxygens (including phenoxy) is 1. The number of unbranched alkanes of at least 4 members (excludes halogenated alkanes) is 1. The van der Waals surface area contributed by atoms with Crippen LogP contribution in [0, 0.1) is 0 Å². The molecule has 108 valence electrons. The lowest BCUT2D eigenvalue weighted by Crippen LogP contribution is -2.47. The van der Waals surface area contributed by atoms with Crippen LogP contribution in [0.15, 0.2) is 0 Å². The maximum atomic E-state index is 11.8. The Kier molecular flexibility index (Phi) is 8.08. The summed E-state index contributed by atoms with van der Waals surface area (Å²) >= 11 is 0. The van der Waals surface area contributed by atoms with Crippen molar-refractivity contribution in [1.29, 1.82) is 0 Å². The van der Waals surface area contributed by atoms with Gasteiger partial charge in [0.25, 0.3) is 10.2 Å². The van der Waals surface area contributed by atoms with E-state index in [0.717, 1.165) is 10.7 Å². The number of carboxylic acid groups (broad SMARTS) is 1. The van der Waals surface area contributed by atoms with Crippen molar-refractivity contribution in [3.63, 3.8) is 0 Å². The second kappa shape index (κ2) is 8.41. The molecule has 0 amide bonds. The van der Waals surface area contributed by atoms with Crippen LogP contribution < -0.4 is 4.72 Å². The fourth-order valence-corrected chi connectivity index (χ4v) is 2.32. The number of carboxylic acids is 1. The Hall–Kier alpha value is -0.700. The second-order valence-corrected chi connectivity index (χ2v) is 5.78. The molecule has 8 heteroatoms. The molecule has 0 aliphatic carbocycles. The smallest absolute Gasteiger partial charge is 0.321 e. The number of hydrogen-bond acceptors (Lipinski definition) is 4. The van der Waals surface area contributed by atoms with E-state index in [1.165, 1.54) is 14.2 Å². The highest BCUT2D eigenvalue weighted by molar-refractivity contribution is 7.87. The number of nitrogens with zero attached hydrogens (tertiary/aromatic N) is 1. The zero-order valence-electron chi connectivity index (χ0n) is 11.0. The lowest BCUT2D eigenvalue weighted by atomic mass is 10.1. The zero-order valence-corrected chi connectivity index (χ0v) is 11.9. The quantitative estimate of drug-likeness (QED) is 0.590. The van der Waals surface area contributed by atoms with Gasteiger partial charge in [-0.25, -0.2) is 0 Å². The Morgan fingerprint density at radius 1 is 1.50 bits per heavy atom. The van der Waals surface area contributed by atoms with E-state index >= 15 is 0 Å². The number of methoxy groups -OCH3 is 1. The van der Waals surface area contributed by atoms with E-state index in [4.69, 9.17) is 9.84 Å². The molecule has 1 unspecified atom stereocenters. The highest BCUT2D eigenvalue weighted by atomic mass is 32.2. The number of hydrogen-bond donors (Lipinski definition) is 2. The Labute approximate surface area is 108 Å². The van der Waals surface area contributed by atoms with Gasteiger partial charge in [-0.05, 0) is 6.42 Å². The van der Waals surface area contributed by atoms with Gasteiger partial charge in [0.2, 0.25) is 0 Å². The molecule has 0 heterocycles. The van der Waals surface area contributed by atoms with Crippen LogP contribution >= 0.6 is 0 Å². The molecule has 1 atom stereocenters. The molecular weight excluding hydrogens is 260 g/mol. The van der Waals surface area contributed by atoms with Crippen LogP contribution in [0.25, 0.3) is 0 Å². The highest BCUT2D eigenvalue weighted by Crippen LogP contribution is 2.04. The summed E-state index contributed by atoms with van der Waals surface area (Å²) in [6.07, 6.45) is 1.75. The molecule has 0 aromatic carbocycles. The van der Waals surface area contributed by atoms with Crippen molar-refractivity contribution in [1.82, 2.24) is 9.03 Å². The van der Waals surface area contributed by atoms with Gasteiger partial charge in [-0.3, -0.25) is 4.79 Å². The highest BCUT2D eigenvalue weighted by Gasteiger charge is 2.26. The lowest BCUT2D eigenvalue weighted by Gasteiger charge is -2.20. The molecule has 2 N–H and O–H groups in total. The van der Waals surface area contributed by atoms with Crippen molar-refractivity contribution in [2.24, 2.45) is 0 Å². The molecule has 0 spiro atoms. The van der Waals surface area contributed by atoms with Gasteiger partial charge < -0.3 is 9.84 Å². The van der Waals surface area contributed by atoms with E-state index in [-0.39, 0.29) is 19.6 Å². The van der Waals surface area contributed by atoms with E-state index in [1.807, 2.05) is 6.92 Å². The summed E-state index contributed by atoms with van der Waals surface area (Å²) in [5.74, 6) is -1.16. The van der Waals surface area contributed by atoms with Crippen LogP contribution in [0.4, 0.5) is 0 Å². The molecule has 0 aliphatic heterocycles. The standard InChI is InChI=1S/C10H22N2O5S/c1-4-5-6-9(10(13)14)11-18(15,16)12(2)7-8-17-3/h9,11H,4-8H2,1-3H3,(H,13,14). The van der Waals surface area contributed by atoms with Gasteiger partial charge >= 0.3 is 5.97 Å². The Bertz CT molecular complexity index is 344. The van der Waals surface area contributed by atoms with Crippen molar-refractivity contribution in [3.05, 3.63) is 0 Å². The molecule has 0 aliphatic rings. The number of likely N-dealkylation sites (N-methyl/N-ethyl adjacent to an activating group) is 1. The molecule has 0 saturated carbocycles. The summed E-state index contributed by atoms with van der Waals surface area (Å²) in [5.41, 5.74) is 0. The van der Waals surface area contributed by atoms with Crippen LogP contribution in [-0.2, 0) is 19.7 Å². The van der Waals surface area contributed by atoms with E-state index in [2.05, 4.69) is 4.72 Å². The maximum absolute atomic E-state index is 11.8. The summed E-state index contributed by atoms with van der Waals surface area (Å²) in [6, 6.07) is -1.08. The number of nitrogens with one attached hydrogen (secondary N) is 1. The van der Waals surface area contributed by atoms with Crippen molar-refractivity contribution in [2.45, 2.75) is 32.2 Å². The van der Waals surface area contributed by atoms with Gasteiger partial charge in [-0.2, -0.15) is 17.4 Å². The summed E-state index contributed by atoms with van der Waals surface area (Å²) in [5, 5.41) is 8.95. The minimum atomic E-state index is -3.78.